The van der Waals surface area contributed by atoms with Gasteiger partial charge in [-0.15, -0.1) is 0 Å². The molecule has 0 saturated heterocycles. The third kappa shape index (κ3) is 2.81. The van der Waals surface area contributed by atoms with Crippen LogP contribution in [0.4, 0.5) is 4.39 Å². The normalized spacial score (nSPS) is 12.5. The summed E-state index contributed by atoms with van der Waals surface area (Å²) in [4.78, 5) is 3.79. The van der Waals surface area contributed by atoms with Crippen molar-refractivity contribution in [2.75, 3.05) is 0 Å². The summed E-state index contributed by atoms with van der Waals surface area (Å²) in [6.07, 6.45) is 2.71. The van der Waals surface area contributed by atoms with E-state index < -0.39 is 11.9 Å². The number of nitrogens with two attached hydrogens (primary N) is 1. The zero-order valence-corrected chi connectivity index (χ0v) is 10.1. The largest absolute Gasteiger partial charge is 0.320 e. The van der Waals surface area contributed by atoms with Crippen LogP contribution in [0.3, 0.4) is 0 Å². The van der Waals surface area contributed by atoms with Crippen molar-refractivity contribution in [3.8, 4) is 0 Å². The Bertz CT molecular complexity index is 522. The molecule has 2 nitrogen and oxygen atoms in total. The van der Waals surface area contributed by atoms with Gasteiger partial charge in [0.05, 0.1) is 12.2 Å². The highest BCUT2D eigenvalue weighted by atomic mass is 35.5. The van der Waals surface area contributed by atoms with Crippen molar-refractivity contribution in [2.45, 2.75) is 13.0 Å². The standard InChI is InChI=1S/C13H12ClFN2/c1-8-2-9(4-11(14)3-8)13(16)10-5-12(15)7-17-6-10/h2-7,13H,16H2,1H3. The molecule has 0 aliphatic heterocycles. The molecule has 2 aromatic rings. The second-order valence-corrected chi connectivity index (χ2v) is 4.41. The predicted octanol–water partition coefficient (Wildman–Crippen LogP) is 3.23. The summed E-state index contributed by atoms with van der Waals surface area (Å²) in [5.41, 5.74) is 8.56. The summed E-state index contributed by atoms with van der Waals surface area (Å²) in [6.45, 7) is 1.94. The van der Waals surface area contributed by atoms with Gasteiger partial charge in [0.15, 0.2) is 0 Å². The van der Waals surface area contributed by atoms with Crippen LogP contribution in [0.15, 0.2) is 36.7 Å². The summed E-state index contributed by atoms with van der Waals surface area (Å²) < 4.78 is 13.1. The molecule has 0 saturated carbocycles. The zero-order valence-electron chi connectivity index (χ0n) is 9.32. The molecule has 0 radical (unpaired) electrons. The Morgan fingerprint density at radius 1 is 1.18 bits per heavy atom. The molecule has 4 heteroatoms. The molecule has 1 atom stereocenters. The third-order valence-electron chi connectivity index (χ3n) is 2.51. The van der Waals surface area contributed by atoms with Crippen LogP contribution in [0.5, 0.6) is 0 Å². The summed E-state index contributed by atoms with van der Waals surface area (Å²) in [5.74, 6) is -0.392. The highest BCUT2D eigenvalue weighted by molar-refractivity contribution is 6.30. The van der Waals surface area contributed by atoms with Crippen LogP contribution in [-0.4, -0.2) is 4.98 Å². The molecule has 0 bridgehead atoms. The lowest BCUT2D eigenvalue weighted by Gasteiger charge is -2.13. The molecule has 0 amide bonds. The van der Waals surface area contributed by atoms with Crippen molar-refractivity contribution >= 4 is 11.6 Å². The quantitative estimate of drug-likeness (QED) is 0.889. The Morgan fingerprint density at radius 2 is 1.94 bits per heavy atom. The van der Waals surface area contributed by atoms with Crippen molar-refractivity contribution < 1.29 is 4.39 Å². The number of nitrogens with zero attached hydrogens (tertiary/aromatic N) is 1. The van der Waals surface area contributed by atoms with Crippen molar-refractivity contribution in [1.29, 1.82) is 0 Å². The summed E-state index contributed by atoms with van der Waals surface area (Å²) in [6, 6.07) is 6.52. The Balaban J connectivity index is 2.39. The number of benzene rings is 1. The van der Waals surface area contributed by atoms with E-state index in [0.29, 0.717) is 10.6 Å². The van der Waals surface area contributed by atoms with Crippen molar-refractivity contribution in [3.05, 3.63) is 64.2 Å². The highest BCUT2D eigenvalue weighted by Gasteiger charge is 2.11. The maximum Gasteiger partial charge on any atom is 0.141 e. The Kier molecular flexibility index (Phi) is 3.41. The lowest BCUT2D eigenvalue weighted by atomic mass is 9.99. The second kappa shape index (κ2) is 4.82. The first-order chi connectivity index (χ1) is 8.06. The molecule has 2 N–H and O–H groups in total. The van der Waals surface area contributed by atoms with Gasteiger partial charge in [0.25, 0.3) is 0 Å². The van der Waals surface area contributed by atoms with E-state index in [1.807, 2.05) is 19.1 Å². The van der Waals surface area contributed by atoms with Crippen LogP contribution in [0, 0.1) is 12.7 Å². The molecule has 1 unspecified atom stereocenters. The van der Waals surface area contributed by atoms with Gasteiger partial charge in [0.1, 0.15) is 5.82 Å². The fraction of sp³-hybridized carbons (Fsp3) is 0.154. The number of aryl methyl sites for hydroxylation is 1. The molecule has 1 aromatic carbocycles. The first-order valence-corrected chi connectivity index (χ1v) is 5.57. The summed E-state index contributed by atoms with van der Waals surface area (Å²) in [7, 11) is 0. The van der Waals surface area contributed by atoms with Gasteiger partial charge in [-0.1, -0.05) is 17.7 Å². The molecule has 0 fully saturated rings. The van der Waals surface area contributed by atoms with E-state index in [9.17, 15) is 4.39 Å². The Morgan fingerprint density at radius 3 is 2.59 bits per heavy atom. The van der Waals surface area contributed by atoms with E-state index in [2.05, 4.69) is 4.98 Å². The lowest BCUT2D eigenvalue weighted by molar-refractivity contribution is 0.616. The molecule has 88 valence electrons. The summed E-state index contributed by atoms with van der Waals surface area (Å²) in [5, 5.41) is 0.625. The smallest absolute Gasteiger partial charge is 0.141 e. The molecule has 0 aliphatic carbocycles. The molecule has 1 aromatic heterocycles. The van der Waals surface area contributed by atoms with Crippen LogP contribution in [-0.2, 0) is 0 Å². The molecule has 0 aliphatic rings. The number of hydrogen-bond donors (Lipinski definition) is 1. The number of halogens is 2. The predicted molar refractivity (Wildman–Crippen MR) is 66.4 cm³/mol. The van der Waals surface area contributed by atoms with Gasteiger partial charge in [-0.25, -0.2) is 4.39 Å². The van der Waals surface area contributed by atoms with E-state index in [4.69, 9.17) is 17.3 Å². The van der Waals surface area contributed by atoms with Crippen molar-refractivity contribution in [2.24, 2.45) is 5.73 Å². The maximum atomic E-state index is 13.1. The average Bonchev–Trinajstić information content (AvgIpc) is 2.26. The molecular formula is C13H12ClFN2. The van der Waals surface area contributed by atoms with Gasteiger partial charge in [0.2, 0.25) is 0 Å². The number of hydrogen-bond acceptors (Lipinski definition) is 2. The van der Waals surface area contributed by atoms with Gasteiger partial charge >= 0.3 is 0 Å². The van der Waals surface area contributed by atoms with Crippen molar-refractivity contribution in [1.82, 2.24) is 4.98 Å². The van der Waals surface area contributed by atoms with Crippen LogP contribution >= 0.6 is 11.6 Å². The molecule has 0 spiro atoms. The Labute approximate surface area is 104 Å². The van der Waals surface area contributed by atoms with Crippen LogP contribution in [0.25, 0.3) is 0 Å². The van der Waals surface area contributed by atoms with E-state index in [0.717, 1.165) is 17.3 Å². The van der Waals surface area contributed by atoms with Gasteiger partial charge in [0, 0.05) is 11.2 Å². The maximum absolute atomic E-state index is 13.1. The van der Waals surface area contributed by atoms with E-state index in [-0.39, 0.29) is 0 Å². The van der Waals surface area contributed by atoms with Gasteiger partial charge in [-0.3, -0.25) is 4.98 Å². The lowest BCUT2D eigenvalue weighted by Crippen LogP contribution is -2.12. The fourth-order valence-electron chi connectivity index (χ4n) is 1.73. The monoisotopic (exact) mass is 250 g/mol. The molecule has 17 heavy (non-hydrogen) atoms. The van der Waals surface area contributed by atoms with Gasteiger partial charge in [-0.2, -0.15) is 0 Å². The molecule has 1 heterocycles. The van der Waals surface area contributed by atoms with E-state index in [1.165, 1.54) is 6.07 Å². The number of pyridine rings is 1. The van der Waals surface area contributed by atoms with Crippen LogP contribution in [0.2, 0.25) is 5.02 Å². The second-order valence-electron chi connectivity index (χ2n) is 3.98. The van der Waals surface area contributed by atoms with Crippen LogP contribution in [0.1, 0.15) is 22.7 Å². The number of aromatic nitrogens is 1. The van der Waals surface area contributed by atoms with E-state index >= 15 is 0 Å². The minimum atomic E-state index is -0.421. The minimum Gasteiger partial charge on any atom is -0.320 e. The van der Waals surface area contributed by atoms with Crippen LogP contribution < -0.4 is 5.73 Å². The average molecular weight is 251 g/mol. The van der Waals surface area contributed by atoms with E-state index in [1.54, 1.807) is 12.3 Å². The molecule has 2 rings (SSSR count). The highest BCUT2D eigenvalue weighted by Crippen LogP contribution is 2.23. The topological polar surface area (TPSA) is 38.9 Å². The number of rotatable bonds is 2. The van der Waals surface area contributed by atoms with Gasteiger partial charge in [-0.05, 0) is 41.8 Å². The van der Waals surface area contributed by atoms with Crippen molar-refractivity contribution in [3.63, 3.8) is 0 Å². The zero-order chi connectivity index (χ0) is 12.4. The van der Waals surface area contributed by atoms with Gasteiger partial charge < -0.3 is 5.73 Å². The minimum absolute atomic E-state index is 0.392. The third-order valence-corrected chi connectivity index (χ3v) is 2.73. The Hall–Kier alpha value is -1.45. The molecular weight excluding hydrogens is 239 g/mol. The summed E-state index contributed by atoms with van der Waals surface area (Å²) >= 11 is 5.97. The fourth-order valence-corrected chi connectivity index (χ4v) is 2.03. The first-order valence-electron chi connectivity index (χ1n) is 5.19. The first kappa shape index (κ1) is 12.0. The SMILES string of the molecule is Cc1cc(Cl)cc(C(N)c2cncc(F)c2)c1.